The molecule has 1 heterocycles. The molecule has 3 heteroatoms. The van der Waals surface area contributed by atoms with Gasteiger partial charge in [0.15, 0.2) is 11.5 Å². The van der Waals surface area contributed by atoms with E-state index in [4.69, 9.17) is 14.2 Å². The minimum atomic E-state index is 0.325. The predicted molar refractivity (Wildman–Crippen MR) is 81.1 cm³/mol. The quantitative estimate of drug-likeness (QED) is 0.744. The van der Waals surface area contributed by atoms with Gasteiger partial charge in [0.25, 0.3) is 0 Å². The molecule has 1 aromatic carbocycles. The molecule has 0 saturated heterocycles. The molecule has 0 bridgehead atoms. The van der Waals surface area contributed by atoms with Crippen molar-refractivity contribution in [3.8, 4) is 11.5 Å². The van der Waals surface area contributed by atoms with Gasteiger partial charge in [0.2, 0.25) is 6.79 Å². The number of allylic oxidation sites excluding steroid dienone is 1. The van der Waals surface area contributed by atoms with E-state index >= 15 is 0 Å². The minimum absolute atomic E-state index is 0.325. The molecule has 0 aromatic heterocycles. The van der Waals surface area contributed by atoms with Crippen molar-refractivity contribution >= 4 is 6.08 Å². The van der Waals surface area contributed by atoms with Gasteiger partial charge in [-0.15, -0.1) is 0 Å². The summed E-state index contributed by atoms with van der Waals surface area (Å²) in [5.41, 5.74) is 1.15. The van der Waals surface area contributed by atoms with E-state index < -0.39 is 0 Å². The highest BCUT2D eigenvalue weighted by molar-refractivity contribution is 5.56. The summed E-state index contributed by atoms with van der Waals surface area (Å²) in [7, 11) is 0. The lowest BCUT2D eigenvalue weighted by Crippen LogP contribution is -2.07. The molecule has 0 aliphatic carbocycles. The standard InChI is InChI=1S/C17H24O3/c1-13(2)18-10-9-14(3)5-4-6-15-7-8-16-17(11-15)20-12-19-16/h4,6-8,11,13-14H,5,9-10,12H2,1-3H3/b6-4+. The predicted octanol–water partition coefficient (Wildman–Crippen LogP) is 4.27. The first-order valence-electron chi connectivity index (χ1n) is 7.33. The Balaban J connectivity index is 1.75. The van der Waals surface area contributed by atoms with Crippen LogP contribution in [0.15, 0.2) is 24.3 Å². The van der Waals surface area contributed by atoms with Crippen molar-refractivity contribution in [3.05, 3.63) is 29.8 Å². The third-order valence-corrected chi connectivity index (χ3v) is 3.31. The van der Waals surface area contributed by atoms with Crippen molar-refractivity contribution in [2.75, 3.05) is 13.4 Å². The van der Waals surface area contributed by atoms with E-state index in [1.807, 2.05) is 12.1 Å². The van der Waals surface area contributed by atoms with Gasteiger partial charge >= 0.3 is 0 Å². The first-order valence-corrected chi connectivity index (χ1v) is 7.33. The molecule has 3 nitrogen and oxygen atoms in total. The summed E-state index contributed by atoms with van der Waals surface area (Å²) in [4.78, 5) is 0. The van der Waals surface area contributed by atoms with Gasteiger partial charge in [-0.05, 0) is 50.3 Å². The fourth-order valence-electron chi connectivity index (χ4n) is 2.08. The van der Waals surface area contributed by atoms with Crippen molar-refractivity contribution in [2.24, 2.45) is 5.92 Å². The van der Waals surface area contributed by atoms with Gasteiger partial charge in [0.1, 0.15) is 0 Å². The maximum Gasteiger partial charge on any atom is 0.231 e. The molecule has 0 fully saturated rings. The van der Waals surface area contributed by atoms with Gasteiger partial charge in [-0.1, -0.05) is 25.1 Å². The zero-order chi connectivity index (χ0) is 14.4. The molecule has 0 spiro atoms. The first kappa shape index (κ1) is 14.9. The van der Waals surface area contributed by atoms with E-state index in [1.54, 1.807) is 0 Å². The number of rotatable bonds is 7. The normalized spacial score (nSPS) is 15.2. The second kappa shape index (κ2) is 7.34. The largest absolute Gasteiger partial charge is 0.454 e. The van der Waals surface area contributed by atoms with Gasteiger partial charge in [-0.3, -0.25) is 0 Å². The van der Waals surface area contributed by atoms with Crippen LogP contribution in [0.1, 0.15) is 39.2 Å². The van der Waals surface area contributed by atoms with Crippen LogP contribution in [0.3, 0.4) is 0 Å². The highest BCUT2D eigenvalue weighted by Gasteiger charge is 2.12. The third-order valence-electron chi connectivity index (χ3n) is 3.31. The second-order valence-electron chi connectivity index (χ2n) is 5.56. The van der Waals surface area contributed by atoms with Crippen LogP contribution in [-0.4, -0.2) is 19.5 Å². The lowest BCUT2D eigenvalue weighted by Gasteiger charge is -2.11. The molecule has 1 unspecified atom stereocenters. The first-order chi connectivity index (χ1) is 9.65. The summed E-state index contributed by atoms with van der Waals surface area (Å²) in [5, 5.41) is 0. The number of hydrogen-bond donors (Lipinski definition) is 0. The summed E-state index contributed by atoms with van der Waals surface area (Å²) in [6, 6.07) is 6.03. The van der Waals surface area contributed by atoms with Crippen LogP contribution in [0, 0.1) is 5.92 Å². The van der Waals surface area contributed by atoms with Crippen LogP contribution in [0.2, 0.25) is 0 Å². The Kier molecular flexibility index (Phi) is 5.48. The minimum Gasteiger partial charge on any atom is -0.454 e. The van der Waals surface area contributed by atoms with Crippen LogP contribution < -0.4 is 9.47 Å². The second-order valence-corrected chi connectivity index (χ2v) is 5.56. The van der Waals surface area contributed by atoms with Crippen LogP contribution in [0.25, 0.3) is 6.08 Å². The maximum atomic E-state index is 5.57. The topological polar surface area (TPSA) is 27.7 Å². The Morgan fingerprint density at radius 1 is 1.20 bits per heavy atom. The Morgan fingerprint density at radius 3 is 2.80 bits per heavy atom. The molecule has 0 amide bonds. The molecule has 1 aromatic rings. The number of ether oxygens (including phenoxy) is 3. The molecule has 0 saturated carbocycles. The molecular weight excluding hydrogens is 252 g/mol. The number of benzene rings is 1. The van der Waals surface area contributed by atoms with Gasteiger partial charge in [-0.2, -0.15) is 0 Å². The molecule has 1 atom stereocenters. The maximum absolute atomic E-state index is 5.57. The smallest absolute Gasteiger partial charge is 0.231 e. The third kappa shape index (κ3) is 4.57. The van der Waals surface area contributed by atoms with E-state index in [0.717, 1.165) is 36.5 Å². The van der Waals surface area contributed by atoms with Gasteiger partial charge in [0, 0.05) is 6.61 Å². The van der Waals surface area contributed by atoms with Crippen molar-refractivity contribution in [1.29, 1.82) is 0 Å². The average Bonchev–Trinajstić information content (AvgIpc) is 2.85. The molecular formula is C17H24O3. The van der Waals surface area contributed by atoms with E-state index in [2.05, 4.69) is 39.0 Å². The molecule has 1 aliphatic rings. The van der Waals surface area contributed by atoms with Crippen LogP contribution >= 0.6 is 0 Å². The fraction of sp³-hybridized carbons (Fsp3) is 0.529. The lowest BCUT2D eigenvalue weighted by atomic mass is 10.0. The van der Waals surface area contributed by atoms with E-state index in [1.165, 1.54) is 0 Å². The van der Waals surface area contributed by atoms with Gasteiger partial charge < -0.3 is 14.2 Å². The van der Waals surface area contributed by atoms with Crippen LogP contribution in [-0.2, 0) is 4.74 Å². The number of hydrogen-bond acceptors (Lipinski definition) is 3. The summed E-state index contributed by atoms with van der Waals surface area (Å²) in [6.07, 6.45) is 6.85. The zero-order valence-electron chi connectivity index (χ0n) is 12.6. The van der Waals surface area contributed by atoms with Gasteiger partial charge in [0.05, 0.1) is 6.10 Å². The zero-order valence-corrected chi connectivity index (χ0v) is 12.6. The van der Waals surface area contributed by atoms with Crippen molar-refractivity contribution in [2.45, 2.75) is 39.7 Å². The summed E-state index contributed by atoms with van der Waals surface area (Å²) in [6.45, 7) is 7.58. The van der Waals surface area contributed by atoms with E-state index in [9.17, 15) is 0 Å². The SMILES string of the molecule is CC(C/C=C/c1ccc2c(c1)OCO2)CCOC(C)C. The van der Waals surface area contributed by atoms with Crippen molar-refractivity contribution in [3.63, 3.8) is 0 Å². The highest BCUT2D eigenvalue weighted by atomic mass is 16.7. The molecule has 0 radical (unpaired) electrons. The molecule has 2 rings (SSSR count). The number of fused-ring (bicyclic) bond motifs is 1. The van der Waals surface area contributed by atoms with Crippen LogP contribution in [0.4, 0.5) is 0 Å². The Bertz CT molecular complexity index is 452. The average molecular weight is 276 g/mol. The van der Waals surface area contributed by atoms with Gasteiger partial charge in [-0.25, -0.2) is 0 Å². The Morgan fingerprint density at radius 2 is 2.00 bits per heavy atom. The van der Waals surface area contributed by atoms with Crippen molar-refractivity contribution in [1.82, 2.24) is 0 Å². The molecule has 110 valence electrons. The highest BCUT2D eigenvalue weighted by Crippen LogP contribution is 2.32. The van der Waals surface area contributed by atoms with Crippen LogP contribution in [0.5, 0.6) is 11.5 Å². The van der Waals surface area contributed by atoms with E-state index in [-0.39, 0.29) is 0 Å². The summed E-state index contributed by atoms with van der Waals surface area (Å²) in [5.74, 6) is 2.31. The summed E-state index contributed by atoms with van der Waals surface area (Å²) >= 11 is 0. The van der Waals surface area contributed by atoms with Crippen molar-refractivity contribution < 1.29 is 14.2 Å². The summed E-state index contributed by atoms with van der Waals surface area (Å²) < 4.78 is 16.2. The molecule has 20 heavy (non-hydrogen) atoms. The molecule has 0 N–H and O–H groups in total. The van der Waals surface area contributed by atoms with E-state index in [0.29, 0.717) is 18.8 Å². The molecule has 1 aliphatic heterocycles. The Labute approximate surface area is 121 Å². The fourth-order valence-corrected chi connectivity index (χ4v) is 2.08. The Hall–Kier alpha value is -1.48. The lowest BCUT2D eigenvalue weighted by molar-refractivity contribution is 0.0699. The monoisotopic (exact) mass is 276 g/mol.